The summed E-state index contributed by atoms with van der Waals surface area (Å²) in [6, 6.07) is 3.94. The molecule has 1 unspecified atom stereocenters. The van der Waals surface area contributed by atoms with Gasteiger partial charge in [-0.2, -0.15) is 0 Å². The number of aliphatic hydroxyl groups excluding tert-OH is 1. The number of methoxy groups -OCH3 is 2. The average molecular weight is 268 g/mol. The molecule has 0 fully saturated rings. The van der Waals surface area contributed by atoms with Crippen LogP contribution in [0.1, 0.15) is 29.2 Å². The fourth-order valence-electron chi connectivity index (χ4n) is 1.99. The summed E-state index contributed by atoms with van der Waals surface area (Å²) in [6.07, 6.45) is 0.0724. The van der Waals surface area contributed by atoms with Crippen LogP contribution in [0.2, 0.25) is 0 Å². The number of aryl methyl sites for hydroxylation is 2. The highest BCUT2D eigenvalue weighted by atomic mass is 16.5. The molecule has 0 aliphatic heterocycles. The minimum atomic E-state index is -0.507. The lowest BCUT2D eigenvalue weighted by Crippen LogP contribution is -2.08. The molecule has 1 aromatic rings. The molecular weight excluding hydrogens is 244 g/mol. The molecule has 0 aliphatic rings. The van der Waals surface area contributed by atoms with Crippen molar-refractivity contribution < 1.29 is 19.3 Å². The predicted octanol–water partition coefficient (Wildman–Crippen LogP) is 2.40. The van der Waals surface area contributed by atoms with Crippen LogP contribution in [0.4, 0.5) is 0 Å². The Morgan fingerprint density at radius 3 is 2.42 bits per heavy atom. The van der Waals surface area contributed by atoms with Crippen molar-refractivity contribution in [3.63, 3.8) is 0 Å². The first kappa shape index (κ1) is 16.0. The summed E-state index contributed by atoms with van der Waals surface area (Å²) in [5.41, 5.74) is 3.00. The van der Waals surface area contributed by atoms with Gasteiger partial charge in [0.25, 0.3) is 0 Å². The second-order valence-electron chi connectivity index (χ2n) is 4.59. The molecule has 1 aromatic carbocycles. The first-order chi connectivity index (χ1) is 9.10. The van der Waals surface area contributed by atoms with Gasteiger partial charge >= 0.3 is 0 Å². The van der Waals surface area contributed by atoms with Crippen LogP contribution in [-0.4, -0.2) is 39.1 Å². The zero-order chi connectivity index (χ0) is 14.3. The highest BCUT2D eigenvalue weighted by Crippen LogP contribution is 2.27. The summed E-state index contributed by atoms with van der Waals surface area (Å²) in [7, 11) is 3.29. The normalized spacial score (nSPS) is 12.5. The molecule has 0 saturated heterocycles. The Bertz CT molecular complexity index is 390. The van der Waals surface area contributed by atoms with Gasteiger partial charge in [0.1, 0.15) is 5.75 Å². The van der Waals surface area contributed by atoms with E-state index >= 15 is 0 Å². The molecule has 108 valence electrons. The van der Waals surface area contributed by atoms with E-state index < -0.39 is 6.10 Å². The van der Waals surface area contributed by atoms with Crippen molar-refractivity contribution in [2.45, 2.75) is 26.4 Å². The van der Waals surface area contributed by atoms with E-state index in [1.807, 2.05) is 26.0 Å². The average Bonchev–Trinajstić information content (AvgIpc) is 2.40. The lowest BCUT2D eigenvalue weighted by atomic mass is 9.98. The first-order valence-electron chi connectivity index (χ1n) is 6.50. The smallest absolute Gasteiger partial charge is 0.122 e. The molecule has 0 spiro atoms. The van der Waals surface area contributed by atoms with E-state index in [4.69, 9.17) is 14.2 Å². The SMILES string of the molecule is COCCOCCC(O)c1cc(C)c(OC)cc1C. The minimum Gasteiger partial charge on any atom is -0.496 e. The van der Waals surface area contributed by atoms with E-state index in [-0.39, 0.29) is 0 Å². The quantitative estimate of drug-likeness (QED) is 0.735. The van der Waals surface area contributed by atoms with Crippen molar-refractivity contribution in [1.29, 1.82) is 0 Å². The third-order valence-corrected chi connectivity index (χ3v) is 3.11. The molecule has 4 nitrogen and oxygen atoms in total. The maximum atomic E-state index is 10.2. The van der Waals surface area contributed by atoms with Crippen LogP contribution in [0.5, 0.6) is 5.75 Å². The molecule has 0 aliphatic carbocycles. The highest BCUT2D eigenvalue weighted by Gasteiger charge is 2.13. The van der Waals surface area contributed by atoms with Crippen molar-refractivity contribution in [1.82, 2.24) is 0 Å². The lowest BCUT2D eigenvalue weighted by Gasteiger charge is -2.16. The summed E-state index contributed by atoms with van der Waals surface area (Å²) in [4.78, 5) is 0. The van der Waals surface area contributed by atoms with E-state index in [1.165, 1.54) is 0 Å². The van der Waals surface area contributed by atoms with Gasteiger partial charge in [-0.25, -0.2) is 0 Å². The summed E-state index contributed by atoms with van der Waals surface area (Å²) in [6.45, 7) is 5.62. The molecule has 19 heavy (non-hydrogen) atoms. The van der Waals surface area contributed by atoms with Crippen LogP contribution in [0.3, 0.4) is 0 Å². The Hall–Kier alpha value is -1.10. The summed E-state index contributed by atoms with van der Waals surface area (Å²) in [5.74, 6) is 0.852. The lowest BCUT2D eigenvalue weighted by molar-refractivity contribution is 0.0474. The Balaban J connectivity index is 2.56. The second-order valence-corrected chi connectivity index (χ2v) is 4.59. The van der Waals surface area contributed by atoms with Crippen LogP contribution in [-0.2, 0) is 9.47 Å². The predicted molar refractivity (Wildman–Crippen MR) is 74.7 cm³/mol. The van der Waals surface area contributed by atoms with Crippen LogP contribution >= 0.6 is 0 Å². The van der Waals surface area contributed by atoms with Gasteiger partial charge in [0.15, 0.2) is 0 Å². The van der Waals surface area contributed by atoms with Gasteiger partial charge in [-0.3, -0.25) is 0 Å². The molecule has 0 saturated carbocycles. The molecule has 1 atom stereocenters. The molecule has 4 heteroatoms. The molecule has 0 amide bonds. The number of hydrogen-bond acceptors (Lipinski definition) is 4. The van der Waals surface area contributed by atoms with E-state index in [1.54, 1.807) is 14.2 Å². The summed E-state index contributed by atoms with van der Waals surface area (Å²) >= 11 is 0. The highest BCUT2D eigenvalue weighted by molar-refractivity contribution is 5.42. The molecule has 0 heterocycles. The first-order valence-corrected chi connectivity index (χ1v) is 6.50. The van der Waals surface area contributed by atoms with E-state index in [0.717, 1.165) is 22.4 Å². The molecule has 0 bridgehead atoms. The molecule has 1 N–H and O–H groups in total. The summed E-state index contributed by atoms with van der Waals surface area (Å²) < 4.78 is 15.5. The molecule has 0 radical (unpaired) electrons. The maximum Gasteiger partial charge on any atom is 0.122 e. The summed E-state index contributed by atoms with van der Waals surface area (Å²) in [5, 5.41) is 10.2. The van der Waals surface area contributed by atoms with E-state index in [0.29, 0.717) is 26.2 Å². The Kier molecular flexibility index (Phi) is 6.84. The van der Waals surface area contributed by atoms with Crippen LogP contribution in [0, 0.1) is 13.8 Å². The van der Waals surface area contributed by atoms with E-state index in [9.17, 15) is 5.11 Å². The van der Waals surface area contributed by atoms with Crippen LogP contribution in [0.15, 0.2) is 12.1 Å². The topological polar surface area (TPSA) is 47.9 Å². The van der Waals surface area contributed by atoms with Gasteiger partial charge in [-0.05, 0) is 42.7 Å². The number of ether oxygens (including phenoxy) is 3. The largest absolute Gasteiger partial charge is 0.496 e. The van der Waals surface area contributed by atoms with Crippen molar-refractivity contribution in [2.24, 2.45) is 0 Å². The molecule has 0 aromatic heterocycles. The van der Waals surface area contributed by atoms with Gasteiger partial charge in [-0.1, -0.05) is 0 Å². The monoisotopic (exact) mass is 268 g/mol. The maximum absolute atomic E-state index is 10.2. The minimum absolute atomic E-state index is 0.507. The Labute approximate surface area is 115 Å². The van der Waals surface area contributed by atoms with Crippen LogP contribution in [0.25, 0.3) is 0 Å². The van der Waals surface area contributed by atoms with Crippen LogP contribution < -0.4 is 4.74 Å². The molecule has 1 rings (SSSR count). The number of hydrogen-bond donors (Lipinski definition) is 1. The van der Waals surface area contributed by atoms with Gasteiger partial charge in [0, 0.05) is 20.1 Å². The zero-order valence-electron chi connectivity index (χ0n) is 12.2. The Morgan fingerprint density at radius 1 is 1.05 bits per heavy atom. The standard InChI is InChI=1S/C15H24O4/c1-11-10-15(18-4)12(2)9-13(11)14(16)5-6-19-8-7-17-3/h9-10,14,16H,5-8H2,1-4H3. The van der Waals surface area contributed by atoms with Gasteiger partial charge in [-0.15, -0.1) is 0 Å². The van der Waals surface area contributed by atoms with E-state index in [2.05, 4.69) is 0 Å². The number of rotatable bonds is 8. The van der Waals surface area contributed by atoms with Gasteiger partial charge < -0.3 is 19.3 Å². The van der Waals surface area contributed by atoms with Crippen molar-refractivity contribution >= 4 is 0 Å². The number of aliphatic hydroxyl groups is 1. The fraction of sp³-hybridized carbons (Fsp3) is 0.600. The zero-order valence-corrected chi connectivity index (χ0v) is 12.2. The second kappa shape index (κ2) is 8.15. The van der Waals surface area contributed by atoms with Crippen molar-refractivity contribution in [3.05, 3.63) is 28.8 Å². The third-order valence-electron chi connectivity index (χ3n) is 3.11. The van der Waals surface area contributed by atoms with Gasteiger partial charge in [0.2, 0.25) is 0 Å². The molecular formula is C15H24O4. The van der Waals surface area contributed by atoms with Crippen molar-refractivity contribution in [3.8, 4) is 5.75 Å². The fourth-order valence-corrected chi connectivity index (χ4v) is 1.99. The number of benzene rings is 1. The van der Waals surface area contributed by atoms with Gasteiger partial charge in [0.05, 0.1) is 26.4 Å². The van der Waals surface area contributed by atoms with Crippen molar-refractivity contribution in [2.75, 3.05) is 34.0 Å². The Morgan fingerprint density at radius 2 is 1.79 bits per heavy atom. The third kappa shape index (κ3) is 4.82.